The number of carbonyl (C=O) groups excluding carboxylic acids is 1. The van der Waals surface area contributed by atoms with E-state index >= 15 is 0 Å². The maximum absolute atomic E-state index is 13.1. The van der Waals surface area contributed by atoms with E-state index in [1.807, 2.05) is 13.2 Å². The van der Waals surface area contributed by atoms with E-state index in [-0.39, 0.29) is 5.65 Å². The number of fused-ring (bicyclic) bond motifs is 1. The van der Waals surface area contributed by atoms with Crippen LogP contribution in [0.3, 0.4) is 0 Å². The second-order valence-corrected chi connectivity index (χ2v) is 6.25. The first kappa shape index (κ1) is 18.2. The molecule has 1 amide bonds. The highest BCUT2D eigenvalue weighted by molar-refractivity contribution is 7.98. The summed E-state index contributed by atoms with van der Waals surface area (Å²) in [6.45, 7) is 1.88. The summed E-state index contributed by atoms with van der Waals surface area (Å²) in [5, 5.41) is 2.60. The Kier molecular flexibility index (Phi) is 4.90. The molecule has 0 spiro atoms. The molecule has 0 aliphatic rings. The number of hydrogen-bond donors (Lipinski definition) is 1. The van der Waals surface area contributed by atoms with E-state index in [0.717, 1.165) is 11.0 Å². The van der Waals surface area contributed by atoms with Gasteiger partial charge in [0.25, 0.3) is 0 Å². The maximum atomic E-state index is 13.1. The van der Waals surface area contributed by atoms with Gasteiger partial charge in [-0.05, 0) is 36.6 Å². The van der Waals surface area contributed by atoms with Gasteiger partial charge in [0.1, 0.15) is 17.0 Å². The van der Waals surface area contributed by atoms with E-state index in [1.54, 1.807) is 22.8 Å². The summed E-state index contributed by atoms with van der Waals surface area (Å²) in [4.78, 5) is 19.7. The minimum atomic E-state index is -4.53. The molecule has 2 aromatic heterocycles. The Balaban J connectivity index is 2.24. The van der Waals surface area contributed by atoms with Crippen molar-refractivity contribution in [3.63, 3.8) is 0 Å². The average molecular weight is 380 g/mol. The van der Waals surface area contributed by atoms with Gasteiger partial charge in [0, 0.05) is 11.3 Å². The monoisotopic (exact) mass is 380 g/mol. The minimum absolute atomic E-state index is 0.153. The number of thioether (sulfide) groups is 1. The van der Waals surface area contributed by atoms with Crippen LogP contribution in [0, 0.1) is 0 Å². The lowest BCUT2D eigenvalue weighted by atomic mass is 10.2. The molecule has 9 heteroatoms. The van der Waals surface area contributed by atoms with Crippen molar-refractivity contribution in [1.82, 2.24) is 14.5 Å². The molecule has 3 rings (SSSR count). The predicted molar refractivity (Wildman–Crippen MR) is 94.7 cm³/mol. The van der Waals surface area contributed by atoms with E-state index in [4.69, 9.17) is 0 Å². The standard InChI is InChI=1S/C17H15F3N4OS/c1-3-15-22-12-6-7-14(17(18,19)20)23-16(12)24(15)10-4-5-11(21-9-25)13(8-10)26-2/h4-9H,3H2,1-2H3,(H,21,25). The molecule has 26 heavy (non-hydrogen) atoms. The normalized spacial score (nSPS) is 11.7. The number of benzene rings is 1. The van der Waals surface area contributed by atoms with E-state index in [9.17, 15) is 18.0 Å². The van der Waals surface area contributed by atoms with Crippen molar-refractivity contribution in [3.05, 3.63) is 41.9 Å². The Labute approximate surface area is 151 Å². The molecule has 1 N–H and O–H groups in total. The van der Waals surface area contributed by atoms with Crippen LogP contribution in [0.25, 0.3) is 16.9 Å². The highest BCUT2D eigenvalue weighted by atomic mass is 32.2. The number of aryl methyl sites for hydroxylation is 1. The van der Waals surface area contributed by atoms with Gasteiger partial charge in [-0.2, -0.15) is 13.2 Å². The summed E-state index contributed by atoms with van der Waals surface area (Å²) in [5.41, 5.74) is 0.855. The highest BCUT2D eigenvalue weighted by Crippen LogP contribution is 2.32. The van der Waals surface area contributed by atoms with E-state index in [0.29, 0.717) is 35.5 Å². The average Bonchev–Trinajstić information content (AvgIpc) is 2.99. The van der Waals surface area contributed by atoms with E-state index < -0.39 is 11.9 Å². The molecular weight excluding hydrogens is 365 g/mol. The van der Waals surface area contributed by atoms with Gasteiger partial charge in [0.05, 0.1) is 11.4 Å². The van der Waals surface area contributed by atoms with Crippen LogP contribution in [0.2, 0.25) is 0 Å². The van der Waals surface area contributed by atoms with Crippen LogP contribution >= 0.6 is 11.8 Å². The highest BCUT2D eigenvalue weighted by Gasteiger charge is 2.33. The van der Waals surface area contributed by atoms with Gasteiger partial charge < -0.3 is 5.32 Å². The van der Waals surface area contributed by atoms with Crippen molar-refractivity contribution < 1.29 is 18.0 Å². The zero-order valence-corrected chi connectivity index (χ0v) is 14.8. The number of aromatic nitrogens is 3. The lowest BCUT2D eigenvalue weighted by molar-refractivity contribution is -0.141. The van der Waals surface area contributed by atoms with Gasteiger partial charge in [-0.1, -0.05) is 6.92 Å². The van der Waals surface area contributed by atoms with E-state index in [2.05, 4.69) is 15.3 Å². The molecule has 0 unspecified atom stereocenters. The van der Waals surface area contributed by atoms with Crippen molar-refractivity contribution in [2.75, 3.05) is 11.6 Å². The van der Waals surface area contributed by atoms with E-state index in [1.165, 1.54) is 17.8 Å². The molecular formula is C17H15F3N4OS. The predicted octanol–water partition coefficient (Wildman–Crippen LogP) is 4.29. The fourth-order valence-corrected chi connectivity index (χ4v) is 3.26. The van der Waals surface area contributed by atoms with Crippen LogP contribution in [0.15, 0.2) is 35.2 Å². The number of hydrogen-bond acceptors (Lipinski definition) is 4. The lowest BCUT2D eigenvalue weighted by Crippen LogP contribution is -2.09. The third kappa shape index (κ3) is 3.26. The topological polar surface area (TPSA) is 59.8 Å². The minimum Gasteiger partial charge on any atom is -0.328 e. The molecule has 0 aliphatic heterocycles. The fraction of sp³-hybridized carbons (Fsp3) is 0.235. The summed E-state index contributed by atoms with van der Waals surface area (Å²) in [6, 6.07) is 7.48. The number of alkyl halides is 3. The number of rotatable bonds is 5. The van der Waals surface area contributed by atoms with Crippen LogP contribution in [0.1, 0.15) is 18.4 Å². The van der Waals surface area contributed by atoms with Crippen LogP contribution in [0.5, 0.6) is 0 Å². The fourth-order valence-electron chi connectivity index (χ4n) is 2.67. The number of halogens is 3. The van der Waals surface area contributed by atoms with Crippen molar-refractivity contribution in [2.45, 2.75) is 24.4 Å². The van der Waals surface area contributed by atoms with Crippen LogP contribution in [0.4, 0.5) is 18.9 Å². The Morgan fingerprint density at radius 1 is 1.23 bits per heavy atom. The van der Waals surface area contributed by atoms with Crippen molar-refractivity contribution in [2.24, 2.45) is 0 Å². The molecule has 3 aromatic rings. The molecule has 0 atom stereocenters. The maximum Gasteiger partial charge on any atom is 0.433 e. The number of pyridine rings is 1. The Morgan fingerprint density at radius 3 is 2.62 bits per heavy atom. The summed E-state index contributed by atoms with van der Waals surface area (Å²) in [5.74, 6) is 0.606. The van der Waals surface area contributed by atoms with Crippen molar-refractivity contribution in [1.29, 1.82) is 0 Å². The van der Waals surface area contributed by atoms with Crippen LogP contribution in [-0.2, 0) is 17.4 Å². The molecule has 136 valence electrons. The number of nitrogens with one attached hydrogen (secondary N) is 1. The summed E-state index contributed by atoms with van der Waals surface area (Å²) < 4.78 is 40.8. The van der Waals surface area contributed by atoms with Gasteiger partial charge in [-0.15, -0.1) is 11.8 Å². The number of anilines is 1. The zero-order valence-electron chi connectivity index (χ0n) is 14.0. The largest absolute Gasteiger partial charge is 0.433 e. The molecule has 0 aliphatic carbocycles. The van der Waals surface area contributed by atoms with Gasteiger partial charge >= 0.3 is 6.18 Å². The van der Waals surface area contributed by atoms with Gasteiger partial charge in [-0.25, -0.2) is 9.97 Å². The molecule has 0 fully saturated rings. The van der Waals surface area contributed by atoms with Crippen LogP contribution < -0.4 is 5.32 Å². The molecule has 1 aromatic carbocycles. The van der Waals surface area contributed by atoms with Gasteiger partial charge in [0.15, 0.2) is 5.65 Å². The Bertz CT molecular complexity index is 969. The lowest BCUT2D eigenvalue weighted by Gasteiger charge is -2.12. The summed E-state index contributed by atoms with van der Waals surface area (Å²) in [6.07, 6.45) is -1.57. The first-order valence-electron chi connectivity index (χ1n) is 7.73. The summed E-state index contributed by atoms with van der Waals surface area (Å²) >= 11 is 1.42. The molecule has 0 saturated carbocycles. The number of carbonyl (C=O) groups is 1. The number of amides is 1. The smallest absolute Gasteiger partial charge is 0.328 e. The van der Waals surface area contributed by atoms with Gasteiger partial charge in [0.2, 0.25) is 6.41 Å². The molecule has 0 radical (unpaired) electrons. The second-order valence-electron chi connectivity index (χ2n) is 5.40. The first-order chi connectivity index (χ1) is 12.4. The SMILES string of the molecule is CCc1nc2ccc(C(F)(F)F)nc2n1-c1ccc(NC=O)c(SC)c1. The zero-order chi connectivity index (χ0) is 18.9. The second kappa shape index (κ2) is 6.99. The number of imidazole rings is 1. The van der Waals surface area contributed by atoms with Crippen molar-refractivity contribution in [3.8, 4) is 5.69 Å². The molecule has 2 heterocycles. The summed E-state index contributed by atoms with van der Waals surface area (Å²) in [7, 11) is 0. The Morgan fingerprint density at radius 2 is 2.00 bits per heavy atom. The first-order valence-corrected chi connectivity index (χ1v) is 8.95. The Hall–Kier alpha value is -2.55. The molecule has 0 bridgehead atoms. The third-order valence-electron chi connectivity index (χ3n) is 3.84. The molecule has 5 nitrogen and oxygen atoms in total. The quantitative estimate of drug-likeness (QED) is 0.530. The third-order valence-corrected chi connectivity index (χ3v) is 4.62. The van der Waals surface area contributed by atoms with Crippen molar-refractivity contribution >= 4 is 35.0 Å². The molecule has 0 saturated heterocycles. The van der Waals surface area contributed by atoms with Gasteiger partial charge in [-0.3, -0.25) is 9.36 Å². The number of nitrogens with zero attached hydrogens (tertiary/aromatic N) is 3. The van der Waals surface area contributed by atoms with Crippen LogP contribution in [-0.4, -0.2) is 27.2 Å².